The highest BCUT2D eigenvalue weighted by Gasteiger charge is 2.42. The Kier molecular flexibility index (Phi) is 6.07. The Morgan fingerprint density at radius 2 is 2.19 bits per heavy atom. The minimum Gasteiger partial charge on any atom is -0.342 e. The molecule has 2 aliphatic heterocycles. The molecule has 5 nitrogen and oxygen atoms in total. The molecule has 1 aromatic heterocycles. The highest BCUT2D eigenvalue weighted by atomic mass is 16.2. The Morgan fingerprint density at radius 3 is 2.96 bits per heavy atom. The summed E-state index contributed by atoms with van der Waals surface area (Å²) in [5.41, 5.74) is 1.09. The molecule has 2 fully saturated rings. The van der Waals surface area contributed by atoms with Gasteiger partial charge in [0.05, 0.1) is 0 Å². The van der Waals surface area contributed by atoms with Crippen LogP contribution in [0.1, 0.15) is 44.7 Å². The van der Waals surface area contributed by atoms with E-state index in [-0.39, 0.29) is 17.2 Å². The van der Waals surface area contributed by atoms with Gasteiger partial charge in [-0.2, -0.15) is 0 Å². The van der Waals surface area contributed by atoms with E-state index in [1.54, 1.807) is 6.20 Å². The SMILES string of the molecule is C/C=C/CC(=O)N1CCC[C@@]2(CCC(=O)N(CCc3ccccn3)C2)C1. The van der Waals surface area contributed by atoms with Crippen molar-refractivity contribution in [3.8, 4) is 0 Å². The standard InChI is InChI=1S/C21H29N3O2/c1-2-3-8-19(25)23-14-6-11-21(16-23)12-9-20(26)24(17-21)15-10-18-7-4-5-13-22-18/h2-5,7,13H,6,8-12,14-17H2,1H3/b3-2+/t21-/m1/s1. The first-order valence-electron chi connectivity index (χ1n) is 9.68. The van der Waals surface area contributed by atoms with Crippen LogP contribution < -0.4 is 0 Å². The predicted octanol–water partition coefficient (Wildman–Crippen LogP) is 2.82. The van der Waals surface area contributed by atoms with Crippen molar-refractivity contribution in [3.63, 3.8) is 0 Å². The Bertz CT molecular complexity index is 658. The maximum atomic E-state index is 12.4. The smallest absolute Gasteiger partial charge is 0.226 e. The lowest BCUT2D eigenvalue weighted by molar-refractivity contribution is -0.142. The zero-order valence-corrected chi connectivity index (χ0v) is 15.7. The monoisotopic (exact) mass is 355 g/mol. The van der Waals surface area contributed by atoms with Crippen molar-refractivity contribution >= 4 is 11.8 Å². The van der Waals surface area contributed by atoms with Gasteiger partial charge in [0.2, 0.25) is 11.8 Å². The number of likely N-dealkylation sites (tertiary alicyclic amines) is 2. The largest absolute Gasteiger partial charge is 0.342 e. The minimum absolute atomic E-state index is 0.0713. The molecular formula is C21H29N3O2. The van der Waals surface area contributed by atoms with Gasteiger partial charge in [-0.05, 0) is 38.3 Å². The van der Waals surface area contributed by atoms with Crippen LogP contribution >= 0.6 is 0 Å². The van der Waals surface area contributed by atoms with E-state index >= 15 is 0 Å². The van der Waals surface area contributed by atoms with E-state index in [0.29, 0.717) is 19.4 Å². The van der Waals surface area contributed by atoms with Gasteiger partial charge in [-0.3, -0.25) is 14.6 Å². The van der Waals surface area contributed by atoms with E-state index in [2.05, 4.69) is 4.98 Å². The first-order valence-corrected chi connectivity index (χ1v) is 9.68. The van der Waals surface area contributed by atoms with Gasteiger partial charge in [0.1, 0.15) is 0 Å². The molecule has 2 saturated heterocycles. The summed E-state index contributed by atoms with van der Waals surface area (Å²) in [6.07, 6.45) is 10.5. The number of pyridine rings is 1. The Morgan fingerprint density at radius 1 is 1.31 bits per heavy atom. The zero-order chi connectivity index (χ0) is 18.4. The summed E-state index contributed by atoms with van der Waals surface area (Å²) in [5, 5.41) is 0. The first kappa shape index (κ1) is 18.6. The van der Waals surface area contributed by atoms with Gasteiger partial charge >= 0.3 is 0 Å². The van der Waals surface area contributed by atoms with Crippen LogP contribution in [-0.2, 0) is 16.0 Å². The van der Waals surface area contributed by atoms with E-state index in [1.165, 1.54) is 0 Å². The van der Waals surface area contributed by atoms with Crippen molar-refractivity contribution in [2.45, 2.75) is 45.4 Å². The summed E-state index contributed by atoms with van der Waals surface area (Å²) >= 11 is 0. The van der Waals surface area contributed by atoms with Crippen LogP contribution in [0.2, 0.25) is 0 Å². The number of aromatic nitrogens is 1. The van der Waals surface area contributed by atoms with Crippen molar-refractivity contribution in [2.24, 2.45) is 5.41 Å². The second-order valence-corrected chi connectivity index (χ2v) is 7.58. The molecule has 2 aliphatic rings. The lowest BCUT2D eigenvalue weighted by Gasteiger charge is -2.48. The van der Waals surface area contributed by atoms with E-state index in [9.17, 15) is 9.59 Å². The highest BCUT2D eigenvalue weighted by Crippen LogP contribution is 2.39. The molecule has 3 heterocycles. The van der Waals surface area contributed by atoms with Gasteiger partial charge in [-0.25, -0.2) is 0 Å². The molecule has 1 aromatic rings. The Hall–Kier alpha value is -2.17. The van der Waals surface area contributed by atoms with Gasteiger partial charge in [0.15, 0.2) is 0 Å². The number of hydrogen-bond acceptors (Lipinski definition) is 3. The number of rotatable bonds is 5. The molecule has 26 heavy (non-hydrogen) atoms. The number of carbonyl (C=O) groups excluding carboxylic acids is 2. The maximum absolute atomic E-state index is 12.4. The molecule has 5 heteroatoms. The van der Waals surface area contributed by atoms with Crippen molar-refractivity contribution in [3.05, 3.63) is 42.2 Å². The quantitative estimate of drug-likeness (QED) is 0.763. The normalized spacial score (nSPS) is 23.8. The minimum atomic E-state index is 0.0713. The summed E-state index contributed by atoms with van der Waals surface area (Å²) in [6.45, 7) is 5.06. The molecule has 0 radical (unpaired) electrons. The molecule has 3 rings (SSSR count). The Labute approximate surface area is 156 Å². The molecule has 0 saturated carbocycles. The van der Waals surface area contributed by atoms with E-state index in [4.69, 9.17) is 0 Å². The number of allylic oxidation sites excluding steroid dienone is 1. The van der Waals surface area contributed by atoms with Crippen LogP contribution in [0.3, 0.4) is 0 Å². The number of piperidine rings is 2. The summed E-state index contributed by atoms with van der Waals surface area (Å²) in [7, 11) is 0. The van der Waals surface area contributed by atoms with Crippen LogP contribution in [0.15, 0.2) is 36.5 Å². The second kappa shape index (κ2) is 8.47. The topological polar surface area (TPSA) is 53.5 Å². The zero-order valence-electron chi connectivity index (χ0n) is 15.7. The molecule has 0 N–H and O–H groups in total. The third-order valence-electron chi connectivity index (χ3n) is 5.65. The molecule has 140 valence electrons. The number of carbonyl (C=O) groups is 2. The first-order chi connectivity index (χ1) is 12.6. The van der Waals surface area contributed by atoms with Crippen LogP contribution in [0.25, 0.3) is 0 Å². The summed E-state index contributed by atoms with van der Waals surface area (Å²) in [5.74, 6) is 0.447. The number of hydrogen-bond donors (Lipinski definition) is 0. The number of nitrogens with zero attached hydrogens (tertiary/aromatic N) is 3. The molecular weight excluding hydrogens is 326 g/mol. The van der Waals surface area contributed by atoms with Crippen LogP contribution in [0.4, 0.5) is 0 Å². The van der Waals surface area contributed by atoms with E-state index in [1.807, 2.05) is 47.1 Å². The van der Waals surface area contributed by atoms with Gasteiger partial charge in [-0.1, -0.05) is 18.2 Å². The maximum Gasteiger partial charge on any atom is 0.226 e. The molecule has 0 aliphatic carbocycles. The second-order valence-electron chi connectivity index (χ2n) is 7.58. The Balaban J connectivity index is 1.62. The fraction of sp³-hybridized carbons (Fsp3) is 0.571. The van der Waals surface area contributed by atoms with Gasteiger partial charge < -0.3 is 9.80 Å². The fourth-order valence-electron chi connectivity index (χ4n) is 4.20. The molecule has 1 atom stereocenters. The van der Waals surface area contributed by atoms with E-state index in [0.717, 1.165) is 51.0 Å². The number of amides is 2. The highest BCUT2D eigenvalue weighted by molar-refractivity contribution is 5.78. The van der Waals surface area contributed by atoms with Crippen LogP contribution in [0, 0.1) is 5.41 Å². The van der Waals surface area contributed by atoms with Gasteiger partial charge in [-0.15, -0.1) is 0 Å². The average molecular weight is 355 g/mol. The van der Waals surface area contributed by atoms with Crippen molar-refractivity contribution in [2.75, 3.05) is 26.2 Å². The lowest BCUT2D eigenvalue weighted by Crippen LogP contribution is -2.55. The third-order valence-corrected chi connectivity index (χ3v) is 5.65. The predicted molar refractivity (Wildman–Crippen MR) is 101 cm³/mol. The van der Waals surface area contributed by atoms with Crippen molar-refractivity contribution < 1.29 is 9.59 Å². The van der Waals surface area contributed by atoms with Crippen LogP contribution in [0.5, 0.6) is 0 Å². The van der Waals surface area contributed by atoms with Crippen molar-refractivity contribution in [1.82, 2.24) is 14.8 Å². The molecule has 0 aromatic carbocycles. The molecule has 0 bridgehead atoms. The van der Waals surface area contributed by atoms with Crippen LogP contribution in [-0.4, -0.2) is 52.8 Å². The van der Waals surface area contributed by atoms with Gasteiger partial charge in [0, 0.05) is 62.7 Å². The van der Waals surface area contributed by atoms with E-state index < -0.39 is 0 Å². The third kappa shape index (κ3) is 4.51. The lowest BCUT2D eigenvalue weighted by atomic mass is 9.73. The van der Waals surface area contributed by atoms with Gasteiger partial charge in [0.25, 0.3) is 0 Å². The molecule has 2 amide bonds. The fourth-order valence-corrected chi connectivity index (χ4v) is 4.20. The van der Waals surface area contributed by atoms with Crippen molar-refractivity contribution in [1.29, 1.82) is 0 Å². The summed E-state index contributed by atoms with van der Waals surface area (Å²) in [4.78, 5) is 33.2. The molecule has 1 spiro atoms. The summed E-state index contributed by atoms with van der Waals surface area (Å²) in [6, 6.07) is 5.90. The molecule has 0 unspecified atom stereocenters. The summed E-state index contributed by atoms with van der Waals surface area (Å²) < 4.78 is 0. The average Bonchev–Trinajstić information content (AvgIpc) is 2.68.